The maximum absolute atomic E-state index is 14.0. The molecule has 0 spiro atoms. The van der Waals surface area contributed by atoms with E-state index in [-0.39, 0.29) is 29.3 Å². The molecule has 8 heteroatoms. The first-order valence-corrected chi connectivity index (χ1v) is 9.77. The standard InChI is InChI=1S/C22H21F4NO3/c23-19-10-15(6-7-20(19)30-22(24,25)26)21(28)16-8-17-12-29-13-18(9-16)27(17)11-14-4-2-1-3-5-14/h1-7,10,16-18H,8-9,11-13H2. The van der Waals surface area contributed by atoms with E-state index in [1.807, 2.05) is 18.2 Å². The Balaban J connectivity index is 1.47. The van der Waals surface area contributed by atoms with Crippen molar-refractivity contribution in [3.63, 3.8) is 0 Å². The molecule has 2 aromatic rings. The second kappa shape index (κ2) is 8.35. The van der Waals surface area contributed by atoms with Gasteiger partial charge in [0.25, 0.3) is 0 Å². The lowest BCUT2D eigenvalue weighted by Gasteiger charge is -2.48. The molecule has 2 bridgehead atoms. The van der Waals surface area contributed by atoms with Gasteiger partial charge in [-0.15, -0.1) is 13.2 Å². The number of nitrogens with zero attached hydrogens (tertiary/aromatic N) is 1. The van der Waals surface area contributed by atoms with Crippen LogP contribution < -0.4 is 4.74 Å². The fourth-order valence-electron chi connectivity index (χ4n) is 4.35. The Bertz CT molecular complexity index is 889. The van der Waals surface area contributed by atoms with E-state index >= 15 is 0 Å². The number of alkyl halides is 3. The van der Waals surface area contributed by atoms with E-state index in [4.69, 9.17) is 4.74 Å². The minimum atomic E-state index is -4.99. The number of carbonyl (C=O) groups is 1. The number of fused-ring (bicyclic) bond motifs is 2. The Morgan fingerprint density at radius 1 is 1.07 bits per heavy atom. The Morgan fingerprint density at radius 2 is 1.73 bits per heavy atom. The van der Waals surface area contributed by atoms with E-state index < -0.39 is 17.9 Å². The summed E-state index contributed by atoms with van der Waals surface area (Å²) in [6.45, 7) is 1.79. The normalized spacial score (nSPS) is 24.5. The van der Waals surface area contributed by atoms with Gasteiger partial charge in [-0.2, -0.15) is 0 Å². The molecule has 0 radical (unpaired) electrons. The minimum Gasteiger partial charge on any atom is -0.403 e. The van der Waals surface area contributed by atoms with Crippen LogP contribution in [0.2, 0.25) is 0 Å². The molecule has 2 fully saturated rings. The number of hydrogen-bond donors (Lipinski definition) is 0. The van der Waals surface area contributed by atoms with E-state index in [1.165, 1.54) is 11.6 Å². The molecule has 0 aromatic heterocycles. The highest BCUT2D eigenvalue weighted by molar-refractivity contribution is 5.98. The molecule has 2 atom stereocenters. The lowest BCUT2D eigenvalue weighted by atomic mass is 9.80. The summed E-state index contributed by atoms with van der Waals surface area (Å²) in [5.74, 6) is -2.74. The molecule has 0 amide bonds. The Morgan fingerprint density at radius 3 is 2.33 bits per heavy atom. The van der Waals surface area contributed by atoms with Gasteiger partial charge in [-0.3, -0.25) is 9.69 Å². The number of ketones is 1. The van der Waals surface area contributed by atoms with Crippen LogP contribution in [0.25, 0.3) is 0 Å². The molecule has 2 aliphatic heterocycles. The van der Waals surface area contributed by atoms with E-state index in [1.54, 1.807) is 0 Å². The van der Waals surface area contributed by atoms with Gasteiger partial charge in [-0.1, -0.05) is 30.3 Å². The molecule has 0 N–H and O–H groups in total. The van der Waals surface area contributed by atoms with Crippen LogP contribution in [0.5, 0.6) is 5.75 Å². The van der Waals surface area contributed by atoms with Gasteiger partial charge in [0, 0.05) is 30.1 Å². The number of halogens is 4. The zero-order valence-corrected chi connectivity index (χ0v) is 16.1. The molecule has 4 rings (SSSR count). The molecule has 2 aromatic carbocycles. The highest BCUT2D eigenvalue weighted by Gasteiger charge is 2.41. The van der Waals surface area contributed by atoms with Crippen molar-refractivity contribution in [2.75, 3.05) is 13.2 Å². The summed E-state index contributed by atoms with van der Waals surface area (Å²) < 4.78 is 60.3. The topological polar surface area (TPSA) is 38.8 Å². The van der Waals surface area contributed by atoms with Crippen molar-refractivity contribution in [2.24, 2.45) is 5.92 Å². The Hall–Kier alpha value is -2.45. The quantitative estimate of drug-likeness (QED) is 0.521. The van der Waals surface area contributed by atoms with E-state index in [0.717, 1.165) is 18.7 Å². The van der Waals surface area contributed by atoms with Crippen LogP contribution in [-0.4, -0.2) is 42.3 Å². The monoisotopic (exact) mass is 423 g/mol. The van der Waals surface area contributed by atoms with Gasteiger partial charge in [0.15, 0.2) is 17.3 Å². The van der Waals surface area contributed by atoms with Crippen LogP contribution in [0, 0.1) is 11.7 Å². The largest absolute Gasteiger partial charge is 0.573 e. The molecule has 2 saturated heterocycles. The van der Waals surface area contributed by atoms with Gasteiger partial charge in [-0.05, 0) is 36.6 Å². The van der Waals surface area contributed by atoms with Crippen LogP contribution in [0.15, 0.2) is 48.5 Å². The first-order valence-electron chi connectivity index (χ1n) is 9.77. The first kappa shape index (κ1) is 20.8. The van der Waals surface area contributed by atoms with Crippen LogP contribution in [0.3, 0.4) is 0 Å². The molecular formula is C22H21F4NO3. The molecule has 160 valence electrons. The van der Waals surface area contributed by atoms with Gasteiger partial charge >= 0.3 is 6.36 Å². The molecule has 0 saturated carbocycles. The van der Waals surface area contributed by atoms with Gasteiger partial charge in [0.05, 0.1) is 13.2 Å². The number of benzene rings is 2. The summed E-state index contributed by atoms with van der Waals surface area (Å²) in [5.41, 5.74) is 1.24. The van der Waals surface area contributed by atoms with Crippen LogP contribution in [0.1, 0.15) is 28.8 Å². The van der Waals surface area contributed by atoms with Crippen molar-refractivity contribution in [1.82, 2.24) is 4.90 Å². The minimum absolute atomic E-state index is 0.0579. The van der Waals surface area contributed by atoms with Crippen LogP contribution in [0.4, 0.5) is 17.6 Å². The smallest absolute Gasteiger partial charge is 0.403 e. The SMILES string of the molecule is O=C(c1ccc(OC(F)(F)F)c(F)c1)C1CC2COCC(C1)N2Cc1ccccc1. The van der Waals surface area contributed by atoms with Crippen LogP contribution >= 0.6 is 0 Å². The molecule has 2 aliphatic rings. The average Bonchev–Trinajstić information content (AvgIpc) is 2.68. The number of rotatable bonds is 5. The van der Waals surface area contributed by atoms with Crippen molar-refractivity contribution in [1.29, 1.82) is 0 Å². The second-order valence-electron chi connectivity index (χ2n) is 7.73. The summed E-state index contributed by atoms with van der Waals surface area (Å²) in [6, 6.07) is 13.0. The molecule has 0 aliphatic carbocycles. The average molecular weight is 423 g/mol. The van der Waals surface area contributed by atoms with Gasteiger partial charge in [-0.25, -0.2) is 4.39 Å². The fraction of sp³-hybridized carbons (Fsp3) is 0.409. The van der Waals surface area contributed by atoms with Crippen molar-refractivity contribution >= 4 is 5.78 Å². The lowest BCUT2D eigenvalue weighted by Crippen LogP contribution is -2.57. The van der Waals surface area contributed by atoms with Crippen molar-refractivity contribution in [3.05, 3.63) is 65.5 Å². The van der Waals surface area contributed by atoms with E-state index in [9.17, 15) is 22.4 Å². The molecule has 2 heterocycles. The zero-order valence-electron chi connectivity index (χ0n) is 16.1. The number of Topliss-reactive ketones (excluding diaryl/α,β-unsaturated/α-hetero) is 1. The summed E-state index contributed by atoms with van der Waals surface area (Å²) >= 11 is 0. The number of morpholine rings is 1. The highest BCUT2D eigenvalue weighted by atomic mass is 19.4. The molecular weight excluding hydrogens is 402 g/mol. The maximum atomic E-state index is 14.0. The molecule has 2 unspecified atom stereocenters. The zero-order chi connectivity index (χ0) is 21.3. The van der Waals surface area contributed by atoms with Crippen molar-refractivity contribution < 1.29 is 31.8 Å². The number of piperidine rings is 1. The summed E-state index contributed by atoms with van der Waals surface area (Å²) in [7, 11) is 0. The number of ether oxygens (including phenoxy) is 2. The van der Waals surface area contributed by atoms with Crippen molar-refractivity contribution in [3.8, 4) is 5.75 Å². The Kier molecular flexibility index (Phi) is 5.79. The third-order valence-corrected chi connectivity index (χ3v) is 5.69. The second-order valence-corrected chi connectivity index (χ2v) is 7.73. The predicted molar refractivity (Wildman–Crippen MR) is 101 cm³/mol. The number of hydrogen-bond acceptors (Lipinski definition) is 4. The predicted octanol–water partition coefficient (Wildman–Crippen LogP) is 4.59. The first-order chi connectivity index (χ1) is 14.3. The summed E-state index contributed by atoms with van der Waals surface area (Å²) in [5, 5.41) is 0. The van der Waals surface area contributed by atoms with Gasteiger partial charge < -0.3 is 9.47 Å². The van der Waals surface area contributed by atoms with Gasteiger partial charge in [0.1, 0.15) is 0 Å². The third kappa shape index (κ3) is 4.65. The van der Waals surface area contributed by atoms with Gasteiger partial charge in [0.2, 0.25) is 0 Å². The highest BCUT2D eigenvalue weighted by Crippen LogP contribution is 2.35. The Labute approximate surface area is 171 Å². The molecule has 30 heavy (non-hydrogen) atoms. The fourth-order valence-corrected chi connectivity index (χ4v) is 4.35. The van der Waals surface area contributed by atoms with E-state index in [2.05, 4.69) is 21.8 Å². The summed E-state index contributed by atoms with van der Waals surface area (Å²) in [6.07, 6.45) is -3.87. The van der Waals surface area contributed by atoms with E-state index in [0.29, 0.717) is 26.1 Å². The third-order valence-electron chi connectivity index (χ3n) is 5.69. The van der Waals surface area contributed by atoms with Crippen LogP contribution in [-0.2, 0) is 11.3 Å². The summed E-state index contributed by atoms with van der Waals surface area (Å²) in [4.78, 5) is 15.3. The molecule has 4 nitrogen and oxygen atoms in total. The van der Waals surface area contributed by atoms with Crippen molar-refractivity contribution in [2.45, 2.75) is 37.8 Å². The number of carbonyl (C=O) groups excluding carboxylic acids is 1. The maximum Gasteiger partial charge on any atom is 0.573 e. The lowest BCUT2D eigenvalue weighted by molar-refractivity contribution is -0.275.